The molecule has 0 amide bonds. The van der Waals surface area contributed by atoms with Crippen LogP contribution in [0.15, 0.2) is 18.2 Å². The first-order chi connectivity index (χ1) is 7.59. The number of ether oxygens (including phenoxy) is 1. The highest BCUT2D eigenvalue weighted by atomic mass is 19.1. The molecule has 16 heavy (non-hydrogen) atoms. The zero-order valence-corrected chi connectivity index (χ0v) is 8.87. The molecule has 2 rings (SSSR count). The van der Waals surface area contributed by atoms with Crippen LogP contribution in [-0.4, -0.2) is 18.5 Å². The summed E-state index contributed by atoms with van der Waals surface area (Å²) in [6, 6.07) is 3.43. The molecule has 4 heteroatoms. The fraction of sp³-hybridized carbons (Fsp3) is 0.417. The topological polar surface area (TPSA) is 26.3 Å². The quantitative estimate of drug-likeness (QED) is 0.724. The van der Waals surface area contributed by atoms with Crippen molar-refractivity contribution in [3.8, 4) is 0 Å². The van der Waals surface area contributed by atoms with Gasteiger partial charge in [0.2, 0.25) is 0 Å². The van der Waals surface area contributed by atoms with E-state index >= 15 is 0 Å². The molecular formula is C12H12F2O2. The molecular weight excluding hydrogens is 214 g/mol. The fourth-order valence-corrected chi connectivity index (χ4v) is 1.94. The Balaban J connectivity index is 2.27. The van der Waals surface area contributed by atoms with Crippen LogP contribution in [0.1, 0.15) is 23.7 Å². The van der Waals surface area contributed by atoms with Crippen molar-refractivity contribution in [2.75, 3.05) is 6.61 Å². The predicted molar refractivity (Wildman–Crippen MR) is 54.2 cm³/mol. The lowest BCUT2D eigenvalue weighted by Gasteiger charge is -2.08. The largest absolute Gasteiger partial charge is 0.378 e. The summed E-state index contributed by atoms with van der Waals surface area (Å²) in [5.41, 5.74) is -0.440. The van der Waals surface area contributed by atoms with Crippen molar-refractivity contribution in [3.63, 3.8) is 0 Å². The first-order valence-electron chi connectivity index (χ1n) is 5.19. The van der Waals surface area contributed by atoms with Crippen molar-refractivity contribution in [2.24, 2.45) is 5.92 Å². The first kappa shape index (κ1) is 11.2. The van der Waals surface area contributed by atoms with Gasteiger partial charge in [-0.25, -0.2) is 8.78 Å². The van der Waals surface area contributed by atoms with Crippen molar-refractivity contribution in [3.05, 3.63) is 35.4 Å². The van der Waals surface area contributed by atoms with Gasteiger partial charge < -0.3 is 4.74 Å². The van der Waals surface area contributed by atoms with E-state index in [2.05, 4.69) is 0 Å². The summed E-state index contributed by atoms with van der Waals surface area (Å²) < 4.78 is 31.9. The molecule has 1 aliphatic rings. The maximum atomic E-state index is 13.3. The van der Waals surface area contributed by atoms with Crippen molar-refractivity contribution >= 4 is 5.78 Å². The van der Waals surface area contributed by atoms with E-state index in [1.807, 2.05) is 6.92 Å². The standard InChI is InChI=1S/C12H12F2O2/c1-7-5-8(6-16-7)12(15)11-9(13)3-2-4-10(11)14/h2-4,7-8H,5-6H2,1H3. The maximum absolute atomic E-state index is 13.3. The van der Waals surface area contributed by atoms with Gasteiger partial charge in [0.05, 0.1) is 18.3 Å². The average molecular weight is 226 g/mol. The third kappa shape index (κ3) is 1.97. The molecule has 0 aromatic heterocycles. The van der Waals surface area contributed by atoms with Crippen LogP contribution in [0, 0.1) is 17.6 Å². The number of Topliss-reactive ketones (excluding diaryl/α,β-unsaturated/α-hetero) is 1. The summed E-state index contributed by atoms with van der Waals surface area (Å²) in [4.78, 5) is 11.9. The number of ketones is 1. The van der Waals surface area contributed by atoms with Crippen molar-refractivity contribution in [2.45, 2.75) is 19.4 Å². The molecule has 0 bridgehead atoms. The molecule has 1 aromatic rings. The summed E-state index contributed by atoms with van der Waals surface area (Å²) in [7, 11) is 0. The summed E-state index contributed by atoms with van der Waals surface area (Å²) >= 11 is 0. The SMILES string of the molecule is CC1CC(C(=O)c2c(F)cccc2F)CO1. The van der Waals surface area contributed by atoms with Crippen LogP contribution < -0.4 is 0 Å². The molecule has 2 unspecified atom stereocenters. The van der Waals surface area contributed by atoms with Crippen LogP contribution in [0.4, 0.5) is 8.78 Å². The molecule has 1 fully saturated rings. The van der Waals surface area contributed by atoms with Crippen molar-refractivity contribution in [1.29, 1.82) is 0 Å². The minimum Gasteiger partial charge on any atom is -0.378 e. The normalized spacial score (nSPS) is 24.7. The zero-order valence-electron chi connectivity index (χ0n) is 8.87. The Morgan fingerprint density at radius 3 is 2.50 bits per heavy atom. The fourth-order valence-electron chi connectivity index (χ4n) is 1.94. The number of benzene rings is 1. The van der Waals surface area contributed by atoms with Crippen LogP contribution in [0.25, 0.3) is 0 Å². The Kier molecular flexibility index (Phi) is 3.01. The van der Waals surface area contributed by atoms with E-state index in [0.717, 1.165) is 12.1 Å². The van der Waals surface area contributed by atoms with Gasteiger partial charge in [0.15, 0.2) is 5.78 Å². The van der Waals surface area contributed by atoms with Crippen molar-refractivity contribution < 1.29 is 18.3 Å². The minimum atomic E-state index is -0.801. The smallest absolute Gasteiger partial charge is 0.174 e. The molecule has 1 saturated heterocycles. The van der Waals surface area contributed by atoms with E-state index in [1.54, 1.807) is 0 Å². The second-order valence-electron chi connectivity index (χ2n) is 4.04. The highest BCUT2D eigenvalue weighted by Crippen LogP contribution is 2.25. The van der Waals surface area contributed by atoms with Crippen LogP contribution in [-0.2, 0) is 4.74 Å². The predicted octanol–water partition coefficient (Wildman–Crippen LogP) is 2.57. The average Bonchev–Trinajstić information content (AvgIpc) is 2.64. The molecule has 1 heterocycles. The second-order valence-corrected chi connectivity index (χ2v) is 4.04. The molecule has 0 saturated carbocycles. The highest BCUT2D eigenvalue weighted by Gasteiger charge is 2.31. The van der Waals surface area contributed by atoms with E-state index in [9.17, 15) is 13.6 Å². The van der Waals surface area contributed by atoms with Crippen molar-refractivity contribution in [1.82, 2.24) is 0 Å². The molecule has 0 spiro atoms. The maximum Gasteiger partial charge on any atom is 0.174 e. The number of halogens is 2. The van der Waals surface area contributed by atoms with Gasteiger partial charge in [-0.15, -0.1) is 0 Å². The Morgan fingerprint density at radius 1 is 1.38 bits per heavy atom. The molecule has 2 nitrogen and oxygen atoms in total. The van der Waals surface area contributed by atoms with E-state index in [4.69, 9.17) is 4.74 Å². The Labute approximate surface area is 92.2 Å². The Hall–Kier alpha value is -1.29. The van der Waals surface area contributed by atoms with Gasteiger partial charge >= 0.3 is 0 Å². The van der Waals surface area contributed by atoms with Crippen LogP contribution >= 0.6 is 0 Å². The minimum absolute atomic E-state index is 0.0243. The molecule has 0 N–H and O–H groups in total. The van der Waals surface area contributed by atoms with Crippen LogP contribution in [0.3, 0.4) is 0 Å². The first-order valence-corrected chi connectivity index (χ1v) is 5.19. The Morgan fingerprint density at radius 2 is 2.00 bits per heavy atom. The van der Waals surface area contributed by atoms with Gasteiger partial charge in [-0.1, -0.05) is 6.07 Å². The molecule has 0 aliphatic carbocycles. The number of carbonyl (C=O) groups is 1. The van der Waals surface area contributed by atoms with Crippen LogP contribution in [0.2, 0.25) is 0 Å². The summed E-state index contributed by atoms with van der Waals surface area (Å²) in [6.45, 7) is 2.08. The second kappa shape index (κ2) is 4.29. The van der Waals surface area contributed by atoms with Gasteiger partial charge in [-0.2, -0.15) is 0 Å². The molecule has 2 atom stereocenters. The summed E-state index contributed by atoms with van der Waals surface area (Å²) in [5, 5.41) is 0. The summed E-state index contributed by atoms with van der Waals surface area (Å²) in [6.07, 6.45) is 0.496. The number of hydrogen-bond acceptors (Lipinski definition) is 2. The molecule has 1 aromatic carbocycles. The molecule has 86 valence electrons. The van der Waals surface area contributed by atoms with Gasteiger partial charge in [-0.05, 0) is 25.5 Å². The third-order valence-electron chi connectivity index (χ3n) is 2.78. The third-order valence-corrected chi connectivity index (χ3v) is 2.78. The van der Waals surface area contributed by atoms with E-state index in [0.29, 0.717) is 6.42 Å². The zero-order chi connectivity index (χ0) is 11.7. The van der Waals surface area contributed by atoms with Crippen LogP contribution in [0.5, 0.6) is 0 Å². The van der Waals surface area contributed by atoms with E-state index in [-0.39, 0.29) is 12.7 Å². The monoisotopic (exact) mass is 226 g/mol. The molecule has 1 aliphatic heterocycles. The lowest BCUT2D eigenvalue weighted by molar-refractivity contribution is 0.0870. The molecule has 0 radical (unpaired) electrons. The number of rotatable bonds is 2. The van der Waals surface area contributed by atoms with Gasteiger partial charge in [-0.3, -0.25) is 4.79 Å². The van der Waals surface area contributed by atoms with E-state index in [1.165, 1.54) is 6.07 Å². The number of hydrogen-bond donors (Lipinski definition) is 0. The highest BCUT2D eigenvalue weighted by molar-refractivity contribution is 5.98. The lowest BCUT2D eigenvalue weighted by Crippen LogP contribution is -2.18. The van der Waals surface area contributed by atoms with Gasteiger partial charge in [0.25, 0.3) is 0 Å². The Bertz CT molecular complexity index is 397. The van der Waals surface area contributed by atoms with Gasteiger partial charge in [0, 0.05) is 5.92 Å². The lowest BCUT2D eigenvalue weighted by atomic mass is 9.95. The van der Waals surface area contributed by atoms with E-state index < -0.39 is 28.9 Å². The summed E-state index contributed by atoms with van der Waals surface area (Å²) in [5.74, 6) is -2.53. The number of carbonyl (C=O) groups excluding carboxylic acids is 1. The van der Waals surface area contributed by atoms with Gasteiger partial charge in [0.1, 0.15) is 11.6 Å².